The third-order valence-electron chi connectivity index (χ3n) is 4.61. The molecule has 4 aromatic rings. The summed E-state index contributed by atoms with van der Waals surface area (Å²) >= 11 is 6.08. The van der Waals surface area contributed by atoms with Crippen molar-refractivity contribution in [1.82, 2.24) is 9.55 Å². The van der Waals surface area contributed by atoms with Crippen LogP contribution in [0.25, 0.3) is 33.9 Å². The fourth-order valence-electron chi connectivity index (χ4n) is 3.40. The molecule has 0 aliphatic carbocycles. The Morgan fingerprint density at radius 1 is 0.821 bits per heavy atom. The second-order valence-corrected chi connectivity index (χ2v) is 7.27. The Balaban J connectivity index is 2.01. The molecule has 0 saturated carbocycles. The van der Waals surface area contributed by atoms with Crippen LogP contribution in [0.3, 0.4) is 0 Å². The van der Waals surface area contributed by atoms with E-state index in [1.807, 2.05) is 60.7 Å². The predicted molar refractivity (Wildman–Crippen MR) is 115 cm³/mol. The molecule has 0 bridgehead atoms. The highest BCUT2D eigenvalue weighted by Gasteiger charge is 2.21. The summed E-state index contributed by atoms with van der Waals surface area (Å²) in [7, 11) is 0. The number of rotatable bonds is 5. The summed E-state index contributed by atoms with van der Waals surface area (Å²) in [4.78, 5) is 5.02. The van der Waals surface area contributed by atoms with Crippen LogP contribution in [-0.4, -0.2) is 20.8 Å². The molecule has 28 heavy (non-hydrogen) atoms. The number of nitrogens with zero attached hydrogens (tertiary/aromatic N) is 2. The number of aromatic nitrogens is 2. The summed E-state index contributed by atoms with van der Waals surface area (Å²) in [6, 6.07) is 28.0. The molecule has 0 unspecified atom stereocenters. The maximum atomic E-state index is 10.2. The lowest BCUT2D eigenvalue weighted by Gasteiger charge is -2.15. The van der Waals surface area contributed by atoms with E-state index < -0.39 is 6.10 Å². The second-order valence-electron chi connectivity index (χ2n) is 6.83. The minimum Gasteiger partial charge on any atom is -0.392 e. The van der Waals surface area contributed by atoms with Gasteiger partial charge in [0, 0.05) is 21.7 Å². The van der Waals surface area contributed by atoms with Crippen LogP contribution in [0.5, 0.6) is 0 Å². The van der Waals surface area contributed by atoms with Crippen molar-refractivity contribution in [3.63, 3.8) is 0 Å². The minimum atomic E-state index is -0.508. The Bertz CT molecular complexity index is 1060. The van der Waals surface area contributed by atoms with Crippen LogP contribution in [0.4, 0.5) is 0 Å². The third kappa shape index (κ3) is 3.72. The largest absolute Gasteiger partial charge is 0.392 e. The van der Waals surface area contributed by atoms with Crippen molar-refractivity contribution < 1.29 is 5.11 Å². The smallest absolute Gasteiger partial charge is 0.141 e. The SMILES string of the molecule is C[C@@H](O)Cn1c(-c2ccc(Cl)cc2)nc(-c2ccccc2)c1-c1ccccc1. The van der Waals surface area contributed by atoms with Crippen LogP contribution < -0.4 is 0 Å². The number of hydrogen-bond acceptors (Lipinski definition) is 2. The van der Waals surface area contributed by atoms with Crippen molar-refractivity contribution in [1.29, 1.82) is 0 Å². The van der Waals surface area contributed by atoms with Crippen LogP contribution in [0, 0.1) is 0 Å². The zero-order valence-corrected chi connectivity index (χ0v) is 16.3. The lowest BCUT2D eigenvalue weighted by atomic mass is 10.0. The van der Waals surface area contributed by atoms with Gasteiger partial charge in [-0.15, -0.1) is 0 Å². The number of halogens is 1. The van der Waals surface area contributed by atoms with E-state index in [-0.39, 0.29) is 0 Å². The molecule has 4 rings (SSSR count). The van der Waals surface area contributed by atoms with E-state index in [4.69, 9.17) is 16.6 Å². The average molecular weight is 389 g/mol. The second kappa shape index (κ2) is 8.01. The van der Waals surface area contributed by atoms with E-state index >= 15 is 0 Å². The van der Waals surface area contributed by atoms with Gasteiger partial charge in [0.25, 0.3) is 0 Å². The highest BCUT2D eigenvalue weighted by molar-refractivity contribution is 6.30. The van der Waals surface area contributed by atoms with Gasteiger partial charge in [-0.25, -0.2) is 4.98 Å². The van der Waals surface area contributed by atoms with E-state index in [9.17, 15) is 5.11 Å². The normalized spacial score (nSPS) is 12.1. The minimum absolute atomic E-state index is 0.446. The molecule has 3 nitrogen and oxygen atoms in total. The van der Waals surface area contributed by atoms with Crippen LogP contribution >= 0.6 is 11.6 Å². The fourth-order valence-corrected chi connectivity index (χ4v) is 3.53. The summed E-state index contributed by atoms with van der Waals surface area (Å²) in [5.74, 6) is 0.815. The Hall–Kier alpha value is -2.88. The zero-order chi connectivity index (χ0) is 19.5. The number of aliphatic hydroxyl groups excluding tert-OH is 1. The molecule has 0 aliphatic rings. The van der Waals surface area contributed by atoms with Gasteiger partial charge in [0.2, 0.25) is 0 Å². The van der Waals surface area contributed by atoms with Gasteiger partial charge in [0.15, 0.2) is 0 Å². The first-order valence-electron chi connectivity index (χ1n) is 9.29. The van der Waals surface area contributed by atoms with E-state index in [2.05, 4.69) is 28.8 Å². The average Bonchev–Trinajstić information content (AvgIpc) is 3.08. The summed E-state index contributed by atoms with van der Waals surface area (Å²) in [6.07, 6.45) is -0.508. The Morgan fingerprint density at radius 2 is 1.39 bits per heavy atom. The number of benzene rings is 3. The van der Waals surface area contributed by atoms with Gasteiger partial charge in [-0.05, 0) is 31.2 Å². The molecular formula is C24H21ClN2O. The maximum absolute atomic E-state index is 10.2. The van der Waals surface area contributed by atoms with Crippen molar-refractivity contribution in [3.8, 4) is 33.9 Å². The topological polar surface area (TPSA) is 38.0 Å². The summed E-state index contributed by atoms with van der Waals surface area (Å²) in [5.41, 5.74) is 4.97. The van der Waals surface area contributed by atoms with Gasteiger partial charge in [-0.1, -0.05) is 72.3 Å². The summed E-state index contributed by atoms with van der Waals surface area (Å²) < 4.78 is 2.10. The van der Waals surface area contributed by atoms with E-state index in [1.165, 1.54) is 0 Å². The fraction of sp³-hybridized carbons (Fsp3) is 0.125. The molecular weight excluding hydrogens is 368 g/mol. The van der Waals surface area contributed by atoms with Gasteiger partial charge in [0.05, 0.1) is 24.0 Å². The van der Waals surface area contributed by atoms with Crippen molar-refractivity contribution in [2.24, 2.45) is 0 Å². The standard InChI is InChI=1S/C24H21ClN2O/c1-17(28)16-27-23(19-10-6-3-7-11-19)22(18-8-4-2-5-9-18)26-24(27)20-12-14-21(25)15-13-20/h2-15,17,28H,16H2,1H3/t17-/m1/s1. The molecule has 0 amide bonds. The first-order valence-corrected chi connectivity index (χ1v) is 9.66. The molecule has 1 N–H and O–H groups in total. The first kappa shape index (κ1) is 18.5. The molecule has 0 aliphatic heterocycles. The quantitative estimate of drug-likeness (QED) is 0.461. The molecule has 4 heteroatoms. The molecule has 140 valence electrons. The van der Waals surface area contributed by atoms with Crippen LogP contribution in [0.15, 0.2) is 84.9 Å². The maximum Gasteiger partial charge on any atom is 0.141 e. The molecule has 3 aromatic carbocycles. The molecule has 1 aromatic heterocycles. The van der Waals surface area contributed by atoms with Gasteiger partial charge in [-0.2, -0.15) is 0 Å². The van der Waals surface area contributed by atoms with E-state index in [0.717, 1.165) is 33.9 Å². The van der Waals surface area contributed by atoms with Gasteiger partial charge in [-0.3, -0.25) is 0 Å². The van der Waals surface area contributed by atoms with Crippen LogP contribution in [-0.2, 0) is 6.54 Å². The molecule has 0 spiro atoms. The predicted octanol–water partition coefficient (Wildman–Crippen LogP) is 5.92. The number of hydrogen-bond donors (Lipinski definition) is 1. The highest BCUT2D eigenvalue weighted by atomic mass is 35.5. The summed E-state index contributed by atoms with van der Waals surface area (Å²) in [6.45, 7) is 2.24. The van der Waals surface area contributed by atoms with Crippen molar-refractivity contribution in [3.05, 3.63) is 90.0 Å². The molecule has 0 saturated heterocycles. The highest BCUT2D eigenvalue weighted by Crippen LogP contribution is 2.36. The van der Waals surface area contributed by atoms with Crippen molar-refractivity contribution >= 4 is 11.6 Å². The van der Waals surface area contributed by atoms with Gasteiger partial charge < -0.3 is 9.67 Å². The summed E-state index contributed by atoms with van der Waals surface area (Å²) in [5, 5.41) is 10.9. The zero-order valence-electron chi connectivity index (χ0n) is 15.6. The number of aliphatic hydroxyl groups is 1. The van der Waals surface area contributed by atoms with Gasteiger partial charge >= 0.3 is 0 Å². The molecule has 0 radical (unpaired) electrons. The Labute approximate surface area is 169 Å². The Morgan fingerprint density at radius 3 is 1.96 bits per heavy atom. The number of imidazole rings is 1. The monoisotopic (exact) mass is 388 g/mol. The van der Waals surface area contributed by atoms with Crippen molar-refractivity contribution in [2.45, 2.75) is 19.6 Å². The molecule has 0 fully saturated rings. The first-order chi connectivity index (χ1) is 13.6. The van der Waals surface area contributed by atoms with E-state index in [0.29, 0.717) is 11.6 Å². The molecule has 1 atom stereocenters. The van der Waals surface area contributed by atoms with Crippen molar-refractivity contribution in [2.75, 3.05) is 0 Å². The Kier molecular flexibility index (Phi) is 5.29. The lowest BCUT2D eigenvalue weighted by molar-refractivity contribution is 0.174. The van der Waals surface area contributed by atoms with E-state index in [1.54, 1.807) is 6.92 Å². The van der Waals surface area contributed by atoms with Crippen LogP contribution in [0.2, 0.25) is 5.02 Å². The lowest BCUT2D eigenvalue weighted by Crippen LogP contribution is -2.14. The van der Waals surface area contributed by atoms with Gasteiger partial charge in [0.1, 0.15) is 5.82 Å². The molecule has 1 heterocycles. The third-order valence-corrected chi connectivity index (χ3v) is 4.86. The van der Waals surface area contributed by atoms with Crippen LogP contribution in [0.1, 0.15) is 6.92 Å².